The Morgan fingerprint density at radius 2 is 1.63 bits per heavy atom. The van der Waals surface area contributed by atoms with Crippen molar-refractivity contribution in [2.45, 2.75) is 39.5 Å². The average Bonchev–Trinajstić information content (AvgIpc) is 3.13. The molecule has 27 heavy (non-hydrogen) atoms. The first-order valence-corrected chi connectivity index (χ1v) is 10.2. The average molecular weight is 385 g/mol. The molecule has 0 aliphatic rings. The zero-order chi connectivity index (χ0) is 19.4. The lowest BCUT2D eigenvalue weighted by atomic mass is 10.0. The van der Waals surface area contributed by atoms with E-state index in [0.717, 1.165) is 49.5 Å². The van der Waals surface area contributed by atoms with Gasteiger partial charge in [-0.1, -0.05) is 68.4 Å². The molecule has 0 spiro atoms. The quantitative estimate of drug-likeness (QED) is 0.560. The molecule has 3 aromatic rings. The van der Waals surface area contributed by atoms with Crippen molar-refractivity contribution in [3.63, 3.8) is 0 Å². The minimum atomic E-state index is -0.812. The summed E-state index contributed by atoms with van der Waals surface area (Å²) in [6.45, 7) is 6.11. The molecule has 1 heterocycles. The molecule has 0 aliphatic heterocycles. The molecule has 6 heteroatoms. The van der Waals surface area contributed by atoms with Crippen LogP contribution in [0.1, 0.15) is 39.5 Å². The van der Waals surface area contributed by atoms with E-state index in [4.69, 9.17) is 4.98 Å². The highest BCUT2D eigenvalue weighted by Gasteiger charge is 2.28. The number of nitrogens with zero attached hydrogens (tertiary/aromatic N) is 2. The first kappa shape index (κ1) is 19.3. The Labute approximate surface area is 162 Å². The zero-order valence-corrected chi connectivity index (χ0v) is 16.5. The van der Waals surface area contributed by atoms with Crippen molar-refractivity contribution in [3.8, 4) is 27.4 Å². The van der Waals surface area contributed by atoms with Crippen molar-refractivity contribution >= 4 is 16.5 Å². The fraction of sp³-hybridized carbons (Fsp3) is 0.381. The van der Waals surface area contributed by atoms with Crippen LogP contribution in [-0.2, 0) is 0 Å². The smallest absolute Gasteiger partial charge is 0.268 e. The van der Waals surface area contributed by atoms with E-state index in [-0.39, 0.29) is 5.56 Å². The highest BCUT2D eigenvalue weighted by atomic mass is 32.1. The molecule has 2 aromatic carbocycles. The highest BCUT2D eigenvalue weighted by molar-refractivity contribution is 7.19. The Morgan fingerprint density at radius 3 is 2.19 bits per heavy atom. The lowest BCUT2D eigenvalue weighted by Crippen LogP contribution is -2.31. The number of unbranched alkanes of at least 4 members (excludes halogenated alkanes) is 2. The second kappa shape index (κ2) is 8.48. The van der Waals surface area contributed by atoms with Crippen molar-refractivity contribution in [2.75, 3.05) is 18.0 Å². The van der Waals surface area contributed by atoms with Crippen molar-refractivity contribution in [2.24, 2.45) is 0 Å². The van der Waals surface area contributed by atoms with Crippen LogP contribution in [-0.4, -0.2) is 23.2 Å². The van der Waals surface area contributed by atoms with Gasteiger partial charge in [0.05, 0.1) is 16.1 Å². The number of aromatic hydroxyl groups is 1. The van der Waals surface area contributed by atoms with Crippen LogP contribution in [0.5, 0.6) is 5.75 Å². The van der Waals surface area contributed by atoms with E-state index in [2.05, 4.69) is 18.7 Å². The summed E-state index contributed by atoms with van der Waals surface area (Å²) >= 11 is 1.38. The van der Waals surface area contributed by atoms with Crippen molar-refractivity contribution in [3.05, 3.63) is 50.8 Å². The summed E-state index contributed by atoms with van der Waals surface area (Å²) in [6.07, 6.45) is 4.30. The van der Waals surface area contributed by atoms with Crippen molar-refractivity contribution < 1.29 is 5.11 Å². The van der Waals surface area contributed by atoms with E-state index in [0.29, 0.717) is 10.6 Å². The van der Waals surface area contributed by atoms with Crippen molar-refractivity contribution in [1.82, 2.24) is 4.98 Å². The van der Waals surface area contributed by atoms with E-state index in [1.165, 1.54) is 11.3 Å². The Hall–Kier alpha value is -2.47. The fourth-order valence-electron chi connectivity index (χ4n) is 3.00. The third kappa shape index (κ3) is 3.81. The molecule has 0 aliphatic carbocycles. The van der Waals surface area contributed by atoms with Crippen LogP contribution in [0.15, 0.2) is 39.9 Å². The van der Waals surface area contributed by atoms with Crippen LogP contribution in [0.3, 0.4) is 0 Å². The highest BCUT2D eigenvalue weighted by Crippen LogP contribution is 2.42. The van der Waals surface area contributed by atoms with E-state index in [1.807, 2.05) is 30.3 Å². The predicted molar refractivity (Wildman–Crippen MR) is 112 cm³/mol. The second-order valence-electron chi connectivity index (χ2n) is 6.62. The minimum absolute atomic E-state index is 0.105. The van der Waals surface area contributed by atoms with Gasteiger partial charge in [0.15, 0.2) is 10.9 Å². The molecule has 5 nitrogen and oxygen atoms in total. The van der Waals surface area contributed by atoms with Gasteiger partial charge in [0.2, 0.25) is 5.43 Å². The molecule has 1 aromatic heterocycles. The molecule has 0 saturated carbocycles. The number of thiazole rings is 1. The largest absolute Gasteiger partial charge is 0.503 e. The van der Waals surface area contributed by atoms with Gasteiger partial charge in [0, 0.05) is 18.7 Å². The molecule has 0 saturated heterocycles. The minimum Gasteiger partial charge on any atom is -0.503 e. The summed E-state index contributed by atoms with van der Waals surface area (Å²) < 4.78 is 0. The normalized spacial score (nSPS) is 11.2. The monoisotopic (exact) mass is 384 g/mol. The summed E-state index contributed by atoms with van der Waals surface area (Å²) in [7, 11) is 0. The predicted octanol–water partition coefficient (Wildman–Crippen LogP) is 4.19. The Morgan fingerprint density at radius 1 is 1.00 bits per heavy atom. The third-order valence-electron chi connectivity index (χ3n) is 4.61. The van der Waals surface area contributed by atoms with Gasteiger partial charge in [0.25, 0.3) is 5.43 Å². The maximum absolute atomic E-state index is 12.1. The number of hydrogen-bond acceptors (Lipinski definition) is 6. The summed E-state index contributed by atoms with van der Waals surface area (Å²) in [5, 5.41) is 10.8. The number of hydrogen-bond donors (Lipinski definition) is 1. The molecule has 0 atom stereocenters. The Bertz CT molecular complexity index is 963. The van der Waals surface area contributed by atoms with Gasteiger partial charge in [-0.15, -0.1) is 0 Å². The van der Waals surface area contributed by atoms with Gasteiger partial charge in [-0.05, 0) is 12.8 Å². The van der Waals surface area contributed by atoms with Gasteiger partial charge >= 0.3 is 0 Å². The lowest BCUT2D eigenvalue weighted by molar-refractivity contribution is 0.466. The molecule has 0 radical (unpaired) electrons. The van der Waals surface area contributed by atoms with Gasteiger partial charge in [-0.2, -0.15) is 0 Å². The molecular weight excluding hydrogens is 360 g/mol. The Balaban J connectivity index is 2.09. The molecule has 0 unspecified atom stereocenters. The molecule has 0 fully saturated rings. The second-order valence-corrected chi connectivity index (χ2v) is 7.59. The maximum atomic E-state index is 12.1. The van der Waals surface area contributed by atoms with Crippen LogP contribution < -0.4 is 15.8 Å². The third-order valence-corrected chi connectivity index (χ3v) is 5.74. The van der Waals surface area contributed by atoms with Crippen LogP contribution in [0.2, 0.25) is 0 Å². The van der Waals surface area contributed by atoms with Crippen molar-refractivity contribution in [1.29, 1.82) is 0 Å². The van der Waals surface area contributed by atoms with Gasteiger partial charge < -0.3 is 10.0 Å². The first-order chi connectivity index (χ1) is 13.1. The van der Waals surface area contributed by atoms with Crippen LogP contribution in [0.4, 0.5) is 5.13 Å². The lowest BCUT2D eigenvalue weighted by Gasteiger charge is -2.21. The van der Waals surface area contributed by atoms with E-state index < -0.39 is 16.6 Å². The molecule has 0 bridgehead atoms. The van der Waals surface area contributed by atoms with E-state index >= 15 is 0 Å². The van der Waals surface area contributed by atoms with Gasteiger partial charge in [-0.3, -0.25) is 9.59 Å². The first-order valence-electron chi connectivity index (χ1n) is 9.42. The van der Waals surface area contributed by atoms with Gasteiger partial charge in [0.1, 0.15) is 0 Å². The molecule has 142 valence electrons. The Kier molecular flexibility index (Phi) is 6.06. The molecule has 0 amide bonds. The molecule has 3 rings (SSSR count). The van der Waals surface area contributed by atoms with Crippen LogP contribution in [0, 0.1) is 0 Å². The number of anilines is 1. The topological polar surface area (TPSA) is 70.5 Å². The maximum Gasteiger partial charge on any atom is 0.268 e. The van der Waals surface area contributed by atoms with Crippen LogP contribution >= 0.6 is 11.3 Å². The number of aromatic nitrogens is 1. The van der Waals surface area contributed by atoms with Crippen LogP contribution in [0.25, 0.3) is 21.7 Å². The number of benzene rings is 1. The standard InChI is InChI=1S/C21H24N2O3S/c1-3-5-12-23(13-6-4-2)21-22-16(14-10-8-7-9-11-14)20(27-21)15-17(24)19(26)18(15)25/h7-11,24H,3-6,12-13H2,1-2H3. The number of rotatable bonds is 9. The summed E-state index contributed by atoms with van der Waals surface area (Å²) in [4.78, 5) is 31.3. The van der Waals surface area contributed by atoms with Gasteiger partial charge in [-0.25, -0.2) is 4.98 Å². The summed E-state index contributed by atoms with van der Waals surface area (Å²) in [5.74, 6) is -0.443. The molecule has 1 N–H and O–H groups in total. The summed E-state index contributed by atoms with van der Waals surface area (Å²) in [6, 6.07) is 9.58. The van der Waals surface area contributed by atoms with E-state index in [9.17, 15) is 14.7 Å². The summed E-state index contributed by atoms with van der Waals surface area (Å²) in [5.41, 5.74) is 0.180. The SMILES string of the molecule is CCCCN(CCCC)c1nc(-c2ccccc2)c(-c2c(O)c(=O)c2=O)s1. The molecular formula is C21H24N2O3S. The van der Waals surface area contributed by atoms with E-state index in [1.54, 1.807) is 0 Å². The zero-order valence-electron chi connectivity index (χ0n) is 15.7. The fourth-order valence-corrected chi connectivity index (χ4v) is 4.18.